The van der Waals surface area contributed by atoms with Crippen molar-refractivity contribution in [3.63, 3.8) is 0 Å². The average molecular weight is 422 g/mol. The van der Waals surface area contributed by atoms with Crippen LogP contribution in [0.4, 0.5) is 0 Å². The summed E-state index contributed by atoms with van der Waals surface area (Å²) in [6.45, 7) is 7.71. The van der Waals surface area contributed by atoms with Gasteiger partial charge >= 0.3 is 0 Å². The van der Waals surface area contributed by atoms with Crippen LogP contribution in [0.3, 0.4) is 0 Å². The summed E-state index contributed by atoms with van der Waals surface area (Å²) >= 11 is 0. The summed E-state index contributed by atoms with van der Waals surface area (Å²) in [4.78, 5) is 20.3. The zero-order valence-electron chi connectivity index (χ0n) is 16.8. The maximum absolute atomic E-state index is 13.2. The molecule has 1 N–H and O–H groups in total. The fourth-order valence-electron chi connectivity index (χ4n) is 4.08. The highest BCUT2D eigenvalue weighted by Crippen LogP contribution is 2.48. The lowest BCUT2D eigenvalue weighted by Gasteiger charge is -2.29. The van der Waals surface area contributed by atoms with Crippen molar-refractivity contribution in [1.29, 1.82) is 0 Å². The van der Waals surface area contributed by atoms with E-state index in [1.54, 1.807) is 0 Å². The molecule has 2 heterocycles. The first-order valence-electron chi connectivity index (χ1n) is 9.97. The molecule has 1 aliphatic carbocycles. The van der Waals surface area contributed by atoms with Gasteiger partial charge in [0.15, 0.2) is 0 Å². The molecule has 1 aromatic carbocycles. The molecule has 6 heteroatoms. The normalized spacial score (nSPS) is 19.0. The number of carbonyl (C=O) groups is 1. The molecular weight excluding hydrogens is 390 g/mol. The number of nitrogens with zero attached hydrogens (tertiary/aromatic N) is 2. The first kappa shape index (κ1) is 23.0. The summed E-state index contributed by atoms with van der Waals surface area (Å²) in [5, 5.41) is 4.50. The van der Waals surface area contributed by atoms with E-state index in [9.17, 15) is 4.79 Å². The Morgan fingerprint density at radius 2 is 1.89 bits per heavy atom. The zero-order valence-corrected chi connectivity index (χ0v) is 18.6. The summed E-state index contributed by atoms with van der Waals surface area (Å²) in [5.41, 5.74) is 1.69. The van der Waals surface area contributed by atoms with Crippen molar-refractivity contribution in [3.8, 4) is 0 Å². The fourth-order valence-corrected chi connectivity index (χ4v) is 4.08. The standard InChI is InChI=1S/C22H29N3O.ClH.H2S/c1-16(2)20(15-25-11-5-6-12-25)24-21(26)22(9-10-22)18-13-17-7-3-4-8-19(17)23-14-18;;/h3-4,7-8,13-14,16,20H,5-6,9-12,15H2,1-2H3,(H,24,26);1H;1H2/t20-;;/m1../s1. The Labute approximate surface area is 181 Å². The van der Waals surface area contributed by atoms with Crippen LogP contribution >= 0.6 is 25.9 Å². The smallest absolute Gasteiger partial charge is 0.230 e. The SMILES string of the molecule is CC(C)[C@@H](CN1CCCC1)NC(=O)C1(c2cnc3ccccc3c2)CC1.Cl.S. The van der Waals surface area contributed by atoms with Crippen LogP contribution in [0, 0.1) is 5.92 Å². The lowest BCUT2D eigenvalue weighted by atomic mass is 9.93. The lowest BCUT2D eigenvalue weighted by molar-refractivity contribution is -0.124. The number of para-hydroxylation sites is 1. The number of likely N-dealkylation sites (tertiary alicyclic amines) is 1. The molecular formula is C22H32ClN3OS. The first-order valence-corrected chi connectivity index (χ1v) is 9.97. The highest BCUT2D eigenvalue weighted by molar-refractivity contribution is 7.59. The summed E-state index contributed by atoms with van der Waals surface area (Å²) in [6.07, 6.45) is 6.32. The van der Waals surface area contributed by atoms with E-state index in [4.69, 9.17) is 0 Å². The highest BCUT2D eigenvalue weighted by Gasteiger charge is 2.52. The van der Waals surface area contributed by atoms with Gasteiger partial charge in [0.25, 0.3) is 0 Å². The predicted octanol–water partition coefficient (Wildman–Crippen LogP) is 4.04. The van der Waals surface area contributed by atoms with Gasteiger partial charge in [0.1, 0.15) is 0 Å². The third-order valence-corrected chi connectivity index (χ3v) is 6.10. The van der Waals surface area contributed by atoms with Crippen LogP contribution < -0.4 is 5.32 Å². The van der Waals surface area contributed by atoms with E-state index in [1.165, 1.54) is 25.9 Å². The molecule has 1 aromatic heterocycles. The molecule has 0 unspecified atom stereocenters. The topological polar surface area (TPSA) is 45.2 Å². The van der Waals surface area contributed by atoms with Crippen molar-refractivity contribution >= 4 is 42.7 Å². The molecule has 0 spiro atoms. The van der Waals surface area contributed by atoms with Crippen molar-refractivity contribution in [1.82, 2.24) is 15.2 Å². The Bertz CT molecular complexity index is 803. The third kappa shape index (κ3) is 4.64. The molecule has 2 aromatic rings. The van der Waals surface area contributed by atoms with E-state index in [0.29, 0.717) is 5.92 Å². The van der Waals surface area contributed by atoms with Gasteiger partial charge in [0, 0.05) is 24.2 Å². The van der Waals surface area contributed by atoms with Gasteiger partial charge in [-0.2, -0.15) is 13.5 Å². The van der Waals surface area contributed by atoms with Crippen molar-refractivity contribution in [3.05, 3.63) is 42.1 Å². The largest absolute Gasteiger partial charge is 0.351 e. The number of pyridine rings is 1. The Morgan fingerprint density at radius 1 is 1.21 bits per heavy atom. The maximum atomic E-state index is 13.2. The third-order valence-electron chi connectivity index (χ3n) is 6.10. The minimum absolute atomic E-state index is 0. The van der Waals surface area contributed by atoms with E-state index in [-0.39, 0.29) is 43.3 Å². The number of aromatic nitrogens is 1. The van der Waals surface area contributed by atoms with E-state index >= 15 is 0 Å². The minimum Gasteiger partial charge on any atom is -0.351 e. The van der Waals surface area contributed by atoms with Crippen LogP contribution in [-0.2, 0) is 10.2 Å². The number of nitrogens with one attached hydrogen (secondary N) is 1. The summed E-state index contributed by atoms with van der Waals surface area (Å²) in [5.74, 6) is 0.623. The predicted molar refractivity (Wildman–Crippen MR) is 123 cm³/mol. The Kier molecular flexibility index (Phi) is 7.77. The minimum atomic E-state index is -0.366. The van der Waals surface area contributed by atoms with Crippen LogP contribution in [0.15, 0.2) is 36.5 Å². The Balaban J connectivity index is 0.00000140. The van der Waals surface area contributed by atoms with Crippen LogP contribution in [0.5, 0.6) is 0 Å². The maximum Gasteiger partial charge on any atom is 0.230 e. The van der Waals surface area contributed by atoms with Gasteiger partial charge < -0.3 is 10.2 Å². The van der Waals surface area contributed by atoms with E-state index in [2.05, 4.69) is 41.2 Å². The van der Waals surface area contributed by atoms with E-state index in [1.807, 2.05) is 24.4 Å². The number of carbonyl (C=O) groups excluding carboxylic acids is 1. The molecule has 1 aliphatic heterocycles. The number of halogens is 1. The summed E-state index contributed by atoms with van der Waals surface area (Å²) in [7, 11) is 0. The monoisotopic (exact) mass is 421 g/mol. The average Bonchev–Trinajstić information content (AvgIpc) is 3.31. The van der Waals surface area contributed by atoms with Gasteiger partial charge in [-0.1, -0.05) is 32.0 Å². The molecule has 1 saturated heterocycles. The first-order chi connectivity index (χ1) is 12.6. The molecule has 2 aliphatic rings. The quantitative estimate of drug-likeness (QED) is 0.765. The molecule has 4 nitrogen and oxygen atoms in total. The van der Waals surface area contributed by atoms with Crippen LogP contribution in [-0.4, -0.2) is 41.5 Å². The fraction of sp³-hybridized carbons (Fsp3) is 0.545. The molecule has 0 radical (unpaired) electrons. The van der Waals surface area contributed by atoms with Crippen LogP contribution in [0.25, 0.3) is 10.9 Å². The van der Waals surface area contributed by atoms with Gasteiger partial charge in [0.05, 0.1) is 10.9 Å². The molecule has 154 valence electrons. The summed E-state index contributed by atoms with van der Waals surface area (Å²) < 4.78 is 0. The van der Waals surface area contributed by atoms with E-state index < -0.39 is 0 Å². The summed E-state index contributed by atoms with van der Waals surface area (Å²) in [6, 6.07) is 10.5. The van der Waals surface area contributed by atoms with Crippen LogP contribution in [0.2, 0.25) is 0 Å². The molecule has 1 saturated carbocycles. The van der Waals surface area contributed by atoms with Crippen molar-refractivity contribution in [2.24, 2.45) is 5.92 Å². The van der Waals surface area contributed by atoms with Gasteiger partial charge in [-0.15, -0.1) is 12.4 Å². The number of amides is 1. The molecule has 2 fully saturated rings. The molecule has 4 rings (SSSR count). The second kappa shape index (κ2) is 9.47. The number of fused-ring (bicyclic) bond motifs is 1. The number of hydrogen-bond donors (Lipinski definition) is 1. The van der Waals surface area contributed by atoms with Crippen molar-refractivity contribution in [2.75, 3.05) is 19.6 Å². The Morgan fingerprint density at radius 3 is 2.54 bits per heavy atom. The van der Waals surface area contributed by atoms with Crippen molar-refractivity contribution in [2.45, 2.75) is 51.0 Å². The van der Waals surface area contributed by atoms with Gasteiger partial charge in [-0.3, -0.25) is 9.78 Å². The molecule has 0 bridgehead atoms. The Hall–Kier alpha value is -1.30. The van der Waals surface area contributed by atoms with Crippen molar-refractivity contribution < 1.29 is 4.79 Å². The zero-order chi connectivity index (χ0) is 18.1. The molecule has 28 heavy (non-hydrogen) atoms. The number of hydrogen-bond acceptors (Lipinski definition) is 3. The highest BCUT2D eigenvalue weighted by atomic mass is 35.5. The lowest BCUT2D eigenvalue weighted by Crippen LogP contribution is -2.49. The van der Waals surface area contributed by atoms with Crippen LogP contribution in [0.1, 0.15) is 45.1 Å². The molecule has 1 amide bonds. The second-order valence-electron chi connectivity index (χ2n) is 8.33. The van der Waals surface area contributed by atoms with Gasteiger partial charge in [-0.05, 0) is 62.4 Å². The number of rotatable bonds is 6. The van der Waals surface area contributed by atoms with Gasteiger partial charge in [-0.25, -0.2) is 0 Å². The number of benzene rings is 1. The van der Waals surface area contributed by atoms with E-state index in [0.717, 1.165) is 35.9 Å². The second-order valence-corrected chi connectivity index (χ2v) is 8.33. The molecule has 1 atom stereocenters. The van der Waals surface area contributed by atoms with Gasteiger partial charge in [0.2, 0.25) is 5.91 Å².